The van der Waals surface area contributed by atoms with Crippen molar-refractivity contribution in [3.63, 3.8) is 0 Å². The van der Waals surface area contributed by atoms with Gasteiger partial charge in [0.05, 0.1) is 5.41 Å². The van der Waals surface area contributed by atoms with Crippen molar-refractivity contribution >= 4 is 5.78 Å². The Labute approximate surface area is 110 Å². The normalized spacial score (nSPS) is 12.5. The molecule has 0 radical (unpaired) electrons. The van der Waals surface area contributed by atoms with E-state index in [1.807, 2.05) is 0 Å². The molecule has 0 N–H and O–H groups in total. The SMILES string of the molecule is C=CC(C)(C)C(F)(F)C(=O)CCCCCCCC. The molecule has 0 aliphatic heterocycles. The largest absolute Gasteiger partial charge is 0.313 e. The van der Waals surface area contributed by atoms with Crippen LogP contribution in [0.3, 0.4) is 0 Å². The summed E-state index contributed by atoms with van der Waals surface area (Å²) in [5.74, 6) is -4.26. The zero-order chi connectivity index (χ0) is 14.2. The Hall–Kier alpha value is -0.730. The van der Waals surface area contributed by atoms with E-state index in [0.717, 1.165) is 31.8 Å². The Balaban J connectivity index is 4.05. The maximum absolute atomic E-state index is 13.8. The van der Waals surface area contributed by atoms with Gasteiger partial charge in [0.15, 0.2) is 0 Å². The highest BCUT2D eigenvalue weighted by Crippen LogP contribution is 2.38. The zero-order valence-corrected chi connectivity index (χ0v) is 11.9. The van der Waals surface area contributed by atoms with Crippen LogP contribution in [0.25, 0.3) is 0 Å². The predicted molar refractivity (Wildman–Crippen MR) is 71.9 cm³/mol. The molecule has 0 saturated heterocycles. The summed E-state index contributed by atoms with van der Waals surface area (Å²) in [6.07, 6.45) is 7.03. The summed E-state index contributed by atoms with van der Waals surface area (Å²) in [5, 5.41) is 0. The summed E-state index contributed by atoms with van der Waals surface area (Å²) in [6, 6.07) is 0. The van der Waals surface area contributed by atoms with Crippen molar-refractivity contribution in [3.8, 4) is 0 Å². The molecule has 0 unspecified atom stereocenters. The van der Waals surface area contributed by atoms with E-state index < -0.39 is 17.1 Å². The lowest BCUT2D eigenvalue weighted by Crippen LogP contribution is -2.42. The summed E-state index contributed by atoms with van der Waals surface area (Å²) in [7, 11) is 0. The number of unbranched alkanes of at least 4 members (excludes halogenated alkanes) is 5. The third-order valence-electron chi connectivity index (χ3n) is 3.43. The van der Waals surface area contributed by atoms with Crippen LogP contribution in [0.15, 0.2) is 12.7 Å². The topological polar surface area (TPSA) is 17.1 Å². The van der Waals surface area contributed by atoms with Crippen LogP contribution in [0.1, 0.15) is 65.7 Å². The van der Waals surface area contributed by atoms with E-state index in [-0.39, 0.29) is 6.42 Å². The van der Waals surface area contributed by atoms with Crippen LogP contribution < -0.4 is 0 Å². The first-order valence-corrected chi connectivity index (χ1v) is 6.84. The Morgan fingerprint density at radius 1 is 1.11 bits per heavy atom. The number of hydrogen-bond donors (Lipinski definition) is 0. The molecule has 0 spiro atoms. The van der Waals surface area contributed by atoms with Crippen molar-refractivity contribution in [1.82, 2.24) is 0 Å². The lowest BCUT2D eigenvalue weighted by molar-refractivity contribution is -0.156. The van der Waals surface area contributed by atoms with Gasteiger partial charge in [-0.15, -0.1) is 6.58 Å². The van der Waals surface area contributed by atoms with Crippen LogP contribution in [0, 0.1) is 5.41 Å². The minimum absolute atomic E-state index is 0.0314. The summed E-state index contributed by atoms with van der Waals surface area (Å²) in [4.78, 5) is 11.6. The smallest absolute Gasteiger partial charge is 0.293 e. The number of carbonyl (C=O) groups excluding carboxylic acids is 1. The van der Waals surface area contributed by atoms with Crippen LogP contribution >= 0.6 is 0 Å². The van der Waals surface area contributed by atoms with Crippen molar-refractivity contribution < 1.29 is 13.6 Å². The molecular weight excluding hydrogens is 234 g/mol. The second-order valence-corrected chi connectivity index (χ2v) is 5.44. The molecular formula is C15H26F2O. The minimum Gasteiger partial charge on any atom is -0.293 e. The number of hydrogen-bond acceptors (Lipinski definition) is 1. The molecule has 0 aromatic heterocycles. The maximum Gasteiger partial charge on any atom is 0.313 e. The molecule has 0 rings (SSSR count). The van der Waals surface area contributed by atoms with E-state index in [1.165, 1.54) is 20.3 Å². The number of ketones is 1. The molecule has 0 aliphatic rings. The molecule has 106 valence electrons. The molecule has 0 aromatic rings. The van der Waals surface area contributed by atoms with E-state index >= 15 is 0 Å². The van der Waals surface area contributed by atoms with Gasteiger partial charge < -0.3 is 0 Å². The highest BCUT2D eigenvalue weighted by molar-refractivity contribution is 5.86. The van der Waals surface area contributed by atoms with Crippen LogP contribution in [0.4, 0.5) is 8.78 Å². The fourth-order valence-corrected chi connectivity index (χ4v) is 1.71. The summed E-state index contributed by atoms with van der Waals surface area (Å²) >= 11 is 0. The van der Waals surface area contributed by atoms with E-state index in [4.69, 9.17) is 0 Å². The number of halogens is 2. The maximum atomic E-state index is 13.8. The summed E-state index contributed by atoms with van der Waals surface area (Å²) in [6.45, 7) is 8.20. The molecule has 3 heteroatoms. The van der Waals surface area contributed by atoms with E-state index in [0.29, 0.717) is 6.42 Å². The molecule has 0 fully saturated rings. The quantitative estimate of drug-likeness (QED) is 0.392. The van der Waals surface area contributed by atoms with E-state index in [2.05, 4.69) is 13.5 Å². The van der Waals surface area contributed by atoms with Gasteiger partial charge in [0, 0.05) is 6.42 Å². The third-order valence-corrected chi connectivity index (χ3v) is 3.43. The monoisotopic (exact) mass is 260 g/mol. The zero-order valence-electron chi connectivity index (χ0n) is 11.9. The predicted octanol–water partition coefficient (Wildman–Crippen LogP) is 5.15. The first-order chi connectivity index (χ1) is 8.29. The van der Waals surface area contributed by atoms with Gasteiger partial charge in [0.2, 0.25) is 5.78 Å². The van der Waals surface area contributed by atoms with E-state index in [1.54, 1.807) is 0 Å². The fraction of sp³-hybridized carbons (Fsp3) is 0.800. The molecule has 1 nitrogen and oxygen atoms in total. The molecule has 18 heavy (non-hydrogen) atoms. The second-order valence-electron chi connectivity index (χ2n) is 5.44. The number of alkyl halides is 2. The number of rotatable bonds is 10. The summed E-state index contributed by atoms with van der Waals surface area (Å²) in [5.41, 5.74) is -1.47. The second kappa shape index (κ2) is 7.65. The molecule has 0 atom stereocenters. The molecule has 0 heterocycles. The first-order valence-electron chi connectivity index (χ1n) is 6.84. The number of carbonyl (C=O) groups is 1. The van der Waals surface area contributed by atoms with Gasteiger partial charge in [-0.1, -0.05) is 59.0 Å². The van der Waals surface area contributed by atoms with Crippen molar-refractivity contribution in [2.45, 2.75) is 71.6 Å². The minimum atomic E-state index is -3.31. The Morgan fingerprint density at radius 3 is 2.11 bits per heavy atom. The average Bonchev–Trinajstić information content (AvgIpc) is 2.32. The van der Waals surface area contributed by atoms with Gasteiger partial charge >= 0.3 is 5.92 Å². The van der Waals surface area contributed by atoms with Gasteiger partial charge in [0.1, 0.15) is 0 Å². The lowest BCUT2D eigenvalue weighted by atomic mass is 9.82. The first kappa shape index (κ1) is 17.3. The summed E-state index contributed by atoms with van der Waals surface area (Å²) < 4.78 is 27.6. The van der Waals surface area contributed by atoms with Gasteiger partial charge in [0.25, 0.3) is 0 Å². The lowest BCUT2D eigenvalue weighted by Gasteiger charge is -2.29. The van der Waals surface area contributed by atoms with Crippen molar-refractivity contribution in [1.29, 1.82) is 0 Å². The van der Waals surface area contributed by atoms with Gasteiger partial charge in [-0.05, 0) is 6.42 Å². The van der Waals surface area contributed by atoms with Crippen molar-refractivity contribution in [2.24, 2.45) is 5.41 Å². The number of allylic oxidation sites excluding steroid dienone is 1. The number of Topliss-reactive ketones (excluding diaryl/α,β-unsaturated/α-hetero) is 1. The van der Waals surface area contributed by atoms with Gasteiger partial charge in [-0.25, -0.2) is 0 Å². The Morgan fingerprint density at radius 2 is 1.61 bits per heavy atom. The molecule has 0 aromatic carbocycles. The van der Waals surface area contributed by atoms with Gasteiger partial charge in [-0.2, -0.15) is 8.78 Å². The molecule has 0 amide bonds. The van der Waals surface area contributed by atoms with Crippen LogP contribution in [0.5, 0.6) is 0 Å². The van der Waals surface area contributed by atoms with E-state index in [9.17, 15) is 13.6 Å². The van der Waals surface area contributed by atoms with Crippen molar-refractivity contribution in [3.05, 3.63) is 12.7 Å². The van der Waals surface area contributed by atoms with Crippen LogP contribution in [-0.4, -0.2) is 11.7 Å². The van der Waals surface area contributed by atoms with Crippen LogP contribution in [-0.2, 0) is 4.79 Å². The third kappa shape index (κ3) is 4.87. The average molecular weight is 260 g/mol. The highest BCUT2D eigenvalue weighted by atomic mass is 19.3. The molecule has 0 aliphatic carbocycles. The Bertz CT molecular complexity index is 270. The molecule has 0 bridgehead atoms. The van der Waals surface area contributed by atoms with Crippen molar-refractivity contribution in [2.75, 3.05) is 0 Å². The fourth-order valence-electron chi connectivity index (χ4n) is 1.71. The molecule has 0 saturated carbocycles. The standard InChI is InChI=1S/C15H26F2O/c1-5-7-8-9-10-11-12-13(18)15(16,17)14(3,4)6-2/h6H,2,5,7-12H2,1,3-4H3. The highest BCUT2D eigenvalue weighted by Gasteiger charge is 2.50. The van der Waals surface area contributed by atoms with Gasteiger partial charge in [-0.3, -0.25) is 4.79 Å². The van der Waals surface area contributed by atoms with Crippen LogP contribution in [0.2, 0.25) is 0 Å². The Kier molecular flexibility index (Phi) is 7.34.